The summed E-state index contributed by atoms with van der Waals surface area (Å²) in [4.78, 5) is 0. The molecule has 1 saturated carbocycles. The summed E-state index contributed by atoms with van der Waals surface area (Å²) < 4.78 is 1.93. The third-order valence-corrected chi connectivity index (χ3v) is 5.74. The molecule has 0 saturated heterocycles. The summed E-state index contributed by atoms with van der Waals surface area (Å²) in [5.74, 6) is 0. The molecule has 1 aliphatic rings. The van der Waals surface area contributed by atoms with Gasteiger partial charge in [0.25, 0.3) is 0 Å². The molecule has 0 spiro atoms. The van der Waals surface area contributed by atoms with Crippen molar-refractivity contribution in [2.24, 2.45) is 12.8 Å². The fraction of sp³-hybridized carbons (Fsp3) is 0.526. The molecule has 3 N–H and O–H groups in total. The maximum absolute atomic E-state index is 6.18. The lowest BCUT2D eigenvalue weighted by molar-refractivity contribution is 0.250. The third-order valence-electron chi connectivity index (χ3n) is 5.51. The topological polar surface area (TPSA) is 55.9 Å². The van der Waals surface area contributed by atoms with Crippen LogP contribution in [0.4, 0.5) is 0 Å². The first-order chi connectivity index (χ1) is 11.5. The van der Waals surface area contributed by atoms with Gasteiger partial charge in [-0.05, 0) is 56.4 Å². The molecule has 0 radical (unpaired) electrons. The standard InChI is InChI=1S/C19H27ClN4/c1-14-10-18(23-24(14)2)12-22-17-6-8-19(13-21,9-7-17)15-4-3-5-16(20)11-15/h3-5,10-11,17,22H,6-9,12-13,21H2,1-2H3. The summed E-state index contributed by atoms with van der Waals surface area (Å²) in [5, 5.41) is 8.97. The number of nitrogens with zero attached hydrogens (tertiary/aromatic N) is 2. The molecule has 0 aliphatic heterocycles. The van der Waals surface area contributed by atoms with E-state index in [0.29, 0.717) is 12.6 Å². The number of benzene rings is 1. The van der Waals surface area contributed by atoms with Gasteiger partial charge in [-0.2, -0.15) is 5.10 Å². The van der Waals surface area contributed by atoms with E-state index in [1.807, 2.05) is 23.9 Å². The lowest BCUT2D eigenvalue weighted by atomic mass is 9.68. The molecule has 1 fully saturated rings. The zero-order valence-corrected chi connectivity index (χ0v) is 15.3. The van der Waals surface area contributed by atoms with E-state index in [4.69, 9.17) is 17.3 Å². The van der Waals surface area contributed by atoms with Crippen LogP contribution in [0.3, 0.4) is 0 Å². The number of rotatable bonds is 5. The summed E-state index contributed by atoms with van der Waals surface area (Å²) >= 11 is 6.18. The highest BCUT2D eigenvalue weighted by Gasteiger charge is 2.35. The lowest BCUT2D eigenvalue weighted by Gasteiger charge is -2.40. The van der Waals surface area contributed by atoms with Crippen LogP contribution in [0.15, 0.2) is 30.3 Å². The summed E-state index contributed by atoms with van der Waals surface area (Å²) in [6.07, 6.45) is 4.47. The van der Waals surface area contributed by atoms with Gasteiger partial charge in [-0.25, -0.2) is 0 Å². The molecule has 0 amide bonds. The first-order valence-corrected chi connectivity index (χ1v) is 9.09. The minimum Gasteiger partial charge on any atom is -0.330 e. The smallest absolute Gasteiger partial charge is 0.0765 e. The molecule has 130 valence electrons. The third kappa shape index (κ3) is 3.66. The minimum absolute atomic E-state index is 0.0741. The second kappa shape index (κ2) is 7.26. The van der Waals surface area contributed by atoms with Gasteiger partial charge in [0, 0.05) is 42.3 Å². The highest BCUT2D eigenvalue weighted by Crippen LogP contribution is 2.39. The monoisotopic (exact) mass is 346 g/mol. The number of aromatic nitrogens is 2. The van der Waals surface area contributed by atoms with Crippen molar-refractivity contribution in [2.45, 2.75) is 50.6 Å². The van der Waals surface area contributed by atoms with E-state index in [1.165, 1.54) is 11.3 Å². The molecular weight excluding hydrogens is 320 g/mol. The van der Waals surface area contributed by atoms with Crippen LogP contribution in [0.2, 0.25) is 5.02 Å². The largest absolute Gasteiger partial charge is 0.330 e. The number of nitrogens with one attached hydrogen (secondary N) is 1. The molecule has 1 aromatic heterocycles. The first-order valence-electron chi connectivity index (χ1n) is 8.71. The SMILES string of the molecule is Cc1cc(CNC2CCC(CN)(c3cccc(Cl)c3)CC2)nn1C. The van der Waals surface area contributed by atoms with Crippen LogP contribution in [0.5, 0.6) is 0 Å². The first kappa shape index (κ1) is 17.5. The molecule has 1 heterocycles. The van der Waals surface area contributed by atoms with Crippen LogP contribution in [-0.4, -0.2) is 22.4 Å². The Kier molecular flexibility index (Phi) is 5.28. The fourth-order valence-corrected chi connectivity index (χ4v) is 3.96. The Hall–Kier alpha value is -1.36. The van der Waals surface area contributed by atoms with Crippen molar-refractivity contribution in [1.82, 2.24) is 15.1 Å². The van der Waals surface area contributed by atoms with Gasteiger partial charge < -0.3 is 11.1 Å². The molecule has 5 heteroatoms. The lowest BCUT2D eigenvalue weighted by Crippen LogP contribution is -2.43. The molecule has 24 heavy (non-hydrogen) atoms. The van der Waals surface area contributed by atoms with Gasteiger partial charge in [0.1, 0.15) is 0 Å². The Labute approximate surface area is 149 Å². The summed E-state index contributed by atoms with van der Waals surface area (Å²) in [6.45, 7) is 3.59. The van der Waals surface area contributed by atoms with Gasteiger partial charge in [0.2, 0.25) is 0 Å². The van der Waals surface area contributed by atoms with E-state index in [1.54, 1.807) is 0 Å². The number of nitrogens with two attached hydrogens (primary N) is 1. The van der Waals surface area contributed by atoms with Crippen LogP contribution in [-0.2, 0) is 19.0 Å². The Morgan fingerprint density at radius 2 is 2.08 bits per heavy atom. The Morgan fingerprint density at radius 1 is 1.33 bits per heavy atom. The summed E-state index contributed by atoms with van der Waals surface area (Å²) in [6, 6.07) is 10.9. The van der Waals surface area contributed by atoms with E-state index in [9.17, 15) is 0 Å². The van der Waals surface area contributed by atoms with Gasteiger partial charge in [-0.1, -0.05) is 23.7 Å². The van der Waals surface area contributed by atoms with Gasteiger partial charge in [0.05, 0.1) is 5.69 Å². The average Bonchev–Trinajstić information content (AvgIpc) is 2.92. The minimum atomic E-state index is 0.0741. The van der Waals surface area contributed by atoms with Crippen molar-refractivity contribution in [1.29, 1.82) is 0 Å². The summed E-state index contributed by atoms with van der Waals surface area (Å²) in [5.41, 5.74) is 9.84. The van der Waals surface area contributed by atoms with Crippen molar-refractivity contribution < 1.29 is 0 Å². The van der Waals surface area contributed by atoms with Gasteiger partial charge in [-0.3, -0.25) is 4.68 Å². The average molecular weight is 347 g/mol. The maximum atomic E-state index is 6.18. The van der Waals surface area contributed by atoms with Crippen LogP contribution in [0.1, 0.15) is 42.6 Å². The molecule has 1 aromatic carbocycles. The Bertz CT molecular complexity index is 667. The van der Waals surface area contributed by atoms with Gasteiger partial charge in [-0.15, -0.1) is 0 Å². The zero-order valence-electron chi connectivity index (χ0n) is 14.6. The highest BCUT2D eigenvalue weighted by atomic mass is 35.5. The quantitative estimate of drug-likeness (QED) is 0.873. The number of hydrogen-bond acceptors (Lipinski definition) is 3. The van der Waals surface area contributed by atoms with Crippen LogP contribution in [0, 0.1) is 6.92 Å². The highest BCUT2D eigenvalue weighted by molar-refractivity contribution is 6.30. The molecule has 0 atom stereocenters. The number of halogens is 1. The molecule has 0 bridgehead atoms. The van der Waals surface area contributed by atoms with Gasteiger partial charge in [0.15, 0.2) is 0 Å². The van der Waals surface area contributed by atoms with Crippen molar-refractivity contribution in [3.05, 3.63) is 52.3 Å². The maximum Gasteiger partial charge on any atom is 0.0765 e. The van der Waals surface area contributed by atoms with E-state index in [0.717, 1.165) is 42.9 Å². The van der Waals surface area contributed by atoms with Crippen molar-refractivity contribution in [3.8, 4) is 0 Å². The second-order valence-corrected chi connectivity index (χ2v) is 7.49. The van der Waals surface area contributed by atoms with Crippen molar-refractivity contribution >= 4 is 11.6 Å². The molecule has 1 aliphatic carbocycles. The Balaban J connectivity index is 1.59. The molecular formula is C19H27ClN4. The van der Waals surface area contributed by atoms with Crippen LogP contribution >= 0.6 is 11.6 Å². The van der Waals surface area contributed by atoms with E-state index >= 15 is 0 Å². The zero-order chi connectivity index (χ0) is 17.2. The van der Waals surface area contributed by atoms with Crippen LogP contribution < -0.4 is 11.1 Å². The number of aryl methyl sites for hydroxylation is 2. The molecule has 3 rings (SSSR count). The Morgan fingerprint density at radius 3 is 2.67 bits per heavy atom. The van der Waals surface area contributed by atoms with E-state index in [2.05, 4.69) is 35.5 Å². The molecule has 0 unspecified atom stereocenters. The van der Waals surface area contributed by atoms with Crippen molar-refractivity contribution in [3.63, 3.8) is 0 Å². The van der Waals surface area contributed by atoms with E-state index in [-0.39, 0.29) is 5.41 Å². The molecule has 2 aromatic rings. The van der Waals surface area contributed by atoms with E-state index < -0.39 is 0 Å². The predicted molar refractivity (Wildman–Crippen MR) is 99.2 cm³/mol. The fourth-order valence-electron chi connectivity index (χ4n) is 3.77. The van der Waals surface area contributed by atoms with Crippen LogP contribution in [0.25, 0.3) is 0 Å². The molecule has 4 nitrogen and oxygen atoms in total. The predicted octanol–water partition coefficient (Wildman–Crippen LogP) is 3.31. The number of hydrogen-bond donors (Lipinski definition) is 2. The second-order valence-electron chi connectivity index (χ2n) is 7.05. The normalized spacial score (nSPS) is 24.2. The van der Waals surface area contributed by atoms with Gasteiger partial charge >= 0.3 is 0 Å². The van der Waals surface area contributed by atoms with Crippen molar-refractivity contribution in [2.75, 3.05) is 6.54 Å². The summed E-state index contributed by atoms with van der Waals surface area (Å²) in [7, 11) is 1.99.